The number of piperidine rings is 1. The fourth-order valence-electron chi connectivity index (χ4n) is 2.88. The van der Waals surface area contributed by atoms with Crippen molar-refractivity contribution in [3.05, 3.63) is 29.8 Å². The first-order chi connectivity index (χ1) is 11.9. The molecule has 1 aliphatic rings. The number of halogens is 1. The van der Waals surface area contributed by atoms with Gasteiger partial charge in [-0.3, -0.25) is 9.59 Å². The van der Waals surface area contributed by atoms with Crippen LogP contribution in [-0.4, -0.2) is 57.1 Å². The number of amides is 1. The lowest BCUT2D eigenvalue weighted by molar-refractivity contribution is -0.125. The number of ketones is 1. The van der Waals surface area contributed by atoms with Crippen molar-refractivity contribution in [3.8, 4) is 0 Å². The SMILES string of the molecule is CNCCNC(=O)C1CCCCN1S(=O)(=O)c1ccc(C(C)=O)cc1.Cl. The molecular weight excluding hydrogens is 378 g/mol. The van der Waals surface area contributed by atoms with E-state index >= 15 is 0 Å². The Kier molecular flexibility index (Phi) is 8.69. The van der Waals surface area contributed by atoms with Gasteiger partial charge in [0.25, 0.3) is 0 Å². The number of rotatable bonds is 7. The molecule has 0 spiro atoms. The zero-order valence-corrected chi connectivity index (χ0v) is 16.7. The highest BCUT2D eigenvalue weighted by Gasteiger charge is 2.37. The summed E-state index contributed by atoms with van der Waals surface area (Å²) >= 11 is 0. The summed E-state index contributed by atoms with van der Waals surface area (Å²) in [4.78, 5) is 23.9. The minimum atomic E-state index is -3.78. The van der Waals surface area contributed by atoms with Gasteiger partial charge in [0.2, 0.25) is 15.9 Å². The topological polar surface area (TPSA) is 95.6 Å². The van der Waals surface area contributed by atoms with E-state index in [1.54, 1.807) is 7.05 Å². The first-order valence-electron chi connectivity index (χ1n) is 8.43. The zero-order valence-electron chi connectivity index (χ0n) is 15.0. The number of nitrogens with one attached hydrogen (secondary N) is 2. The van der Waals surface area contributed by atoms with E-state index in [4.69, 9.17) is 0 Å². The number of carbonyl (C=O) groups is 2. The molecule has 2 rings (SSSR count). The third kappa shape index (κ3) is 5.26. The van der Waals surface area contributed by atoms with Crippen molar-refractivity contribution < 1.29 is 18.0 Å². The number of hydrogen-bond donors (Lipinski definition) is 2. The smallest absolute Gasteiger partial charge is 0.243 e. The largest absolute Gasteiger partial charge is 0.353 e. The minimum absolute atomic E-state index is 0. The summed E-state index contributed by atoms with van der Waals surface area (Å²) in [7, 11) is -2.00. The van der Waals surface area contributed by atoms with E-state index in [1.165, 1.54) is 35.5 Å². The van der Waals surface area contributed by atoms with E-state index < -0.39 is 16.1 Å². The van der Waals surface area contributed by atoms with Crippen LogP contribution in [0.5, 0.6) is 0 Å². The molecule has 0 aliphatic carbocycles. The number of Topliss-reactive ketones (excluding diaryl/α,β-unsaturated/α-hetero) is 1. The van der Waals surface area contributed by atoms with Crippen LogP contribution < -0.4 is 10.6 Å². The van der Waals surface area contributed by atoms with Gasteiger partial charge in [0.1, 0.15) is 6.04 Å². The van der Waals surface area contributed by atoms with Crippen molar-refractivity contribution in [1.82, 2.24) is 14.9 Å². The summed E-state index contributed by atoms with van der Waals surface area (Å²) in [6.07, 6.45) is 2.06. The predicted molar refractivity (Wildman–Crippen MR) is 102 cm³/mol. The van der Waals surface area contributed by atoms with Crippen molar-refractivity contribution in [2.45, 2.75) is 37.1 Å². The molecular formula is C17H26ClN3O4S. The van der Waals surface area contributed by atoms with E-state index in [0.29, 0.717) is 31.6 Å². The molecule has 0 aromatic heterocycles. The van der Waals surface area contributed by atoms with Crippen molar-refractivity contribution in [3.63, 3.8) is 0 Å². The predicted octanol–water partition coefficient (Wildman–Crippen LogP) is 1.19. The Bertz CT molecular complexity index is 722. The molecule has 0 radical (unpaired) electrons. The summed E-state index contributed by atoms with van der Waals surface area (Å²) in [6, 6.07) is 5.17. The van der Waals surface area contributed by atoms with Gasteiger partial charge in [-0.1, -0.05) is 18.6 Å². The van der Waals surface area contributed by atoms with Crippen LogP contribution >= 0.6 is 12.4 Å². The van der Waals surface area contributed by atoms with Gasteiger partial charge in [-0.25, -0.2) is 8.42 Å². The van der Waals surface area contributed by atoms with Crippen molar-refractivity contribution in [2.75, 3.05) is 26.7 Å². The second kappa shape index (κ2) is 10.0. The zero-order chi connectivity index (χ0) is 18.4. The lowest BCUT2D eigenvalue weighted by Crippen LogP contribution is -2.52. The lowest BCUT2D eigenvalue weighted by atomic mass is 10.0. The van der Waals surface area contributed by atoms with Crippen LogP contribution in [0.1, 0.15) is 36.5 Å². The average molecular weight is 404 g/mol. The highest BCUT2D eigenvalue weighted by Crippen LogP contribution is 2.25. The van der Waals surface area contributed by atoms with Crippen LogP contribution in [0.15, 0.2) is 29.2 Å². The fourth-order valence-corrected chi connectivity index (χ4v) is 4.54. The standard InChI is InChI=1S/C17H25N3O4S.ClH/c1-13(21)14-6-8-15(9-7-14)25(23,24)20-12-4-3-5-16(20)17(22)19-11-10-18-2;/h6-9,16,18H,3-5,10-12H2,1-2H3,(H,19,22);1H. The van der Waals surface area contributed by atoms with Gasteiger partial charge in [-0.15, -0.1) is 12.4 Å². The molecule has 1 unspecified atom stereocenters. The molecule has 1 aromatic rings. The van der Waals surface area contributed by atoms with Gasteiger partial charge < -0.3 is 10.6 Å². The number of nitrogens with zero attached hydrogens (tertiary/aromatic N) is 1. The second-order valence-electron chi connectivity index (χ2n) is 6.10. The molecule has 2 N–H and O–H groups in total. The summed E-state index contributed by atoms with van der Waals surface area (Å²) in [6.45, 7) is 2.82. The van der Waals surface area contributed by atoms with Gasteiger partial charge in [-0.05, 0) is 38.9 Å². The molecule has 1 saturated heterocycles. The Morgan fingerprint density at radius 1 is 1.15 bits per heavy atom. The maximum Gasteiger partial charge on any atom is 0.243 e. The van der Waals surface area contributed by atoms with Crippen LogP contribution in [0.25, 0.3) is 0 Å². The van der Waals surface area contributed by atoms with E-state index in [-0.39, 0.29) is 29.0 Å². The summed E-state index contributed by atoms with van der Waals surface area (Å²) in [5.74, 6) is -0.386. The maximum absolute atomic E-state index is 13.0. The van der Waals surface area contributed by atoms with Crippen molar-refractivity contribution in [2.24, 2.45) is 0 Å². The normalized spacial score (nSPS) is 18.0. The minimum Gasteiger partial charge on any atom is -0.353 e. The number of benzene rings is 1. The number of carbonyl (C=O) groups excluding carboxylic acids is 2. The van der Waals surface area contributed by atoms with Crippen LogP contribution in [0.4, 0.5) is 0 Å². The summed E-state index contributed by atoms with van der Waals surface area (Å²) in [5, 5.41) is 5.71. The summed E-state index contributed by atoms with van der Waals surface area (Å²) in [5.41, 5.74) is 0.457. The highest BCUT2D eigenvalue weighted by atomic mass is 35.5. The Morgan fingerprint density at radius 2 is 1.81 bits per heavy atom. The second-order valence-corrected chi connectivity index (χ2v) is 7.99. The van der Waals surface area contributed by atoms with Crippen LogP contribution in [0.2, 0.25) is 0 Å². The maximum atomic E-state index is 13.0. The Hall–Kier alpha value is -1.48. The Morgan fingerprint density at radius 3 is 2.38 bits per heavy atom. The van der Waals surface area contributed by atoms with E-state index in [2.05, 4.69) is 10.6 Å². The quantitative estimate of drug-likeness (QED) is 0.526. The number of sulfonamides is 1. The molecule has 7 nitrogen and oxygen atoms in total. The molecule has 1 aliphatic heterocycles. The van der Waals surface area contributed by atoms with Gasteiger partial charge in [-0.2, -0.15) is 4.31 Å². The summed E-state index contributed by atoms with van der Waals surface area (Å²) < 4.78 is 27.2. The monoisotopic (exact) mass is 403 g/mol. The molecule has 0 bridgehead atoms. The molecule has 1 atom stereocenters. The van der Waals surface area contributed by atoms with Crippen molar-refractivity contribution in [1.29, 1.82) is 0 Å². The van der Waals surface area contributed by atoms with Crippen LogP contribution in [-0.2, 0) is 14.8 Å². The average Bonchev–Trinajstić information content (AvgIpc) is 2.62. The molecule has 1 heterocycles. The highest BCUT2D eigenvalue weighted by molar-refractivity contribution is 7.89. The fraction of sp³-hybridized carbons (Fsp3) is 0.529. The van der Waals surface area contributed by atoms with E-state index in [1.807, 2.05) is 0 Å². The van der Waals surface area contributed by atoms with Gasteiger partial charge in [0.05, 0.1) is 4.90 Å². The molecule has 26 heavy (non-hydrogen) atoms. The molecule has 1 amide bonds. The van der Waals surface area contributed by atoms with Crippen LogP contribution in [0, 0.1) is 0 Å². The number of likely N-dealkylation sites (N-methyl/N-ethyl adjacent to an activating group) is 1. The molecule has 0 saturated carbocycles. The van der Waals surface area contributed by atoms with Gasteiger partial charge in [0, 0.05) is 25.2 Å². The third-order valence-electron chi connectivity index (χ3n) is 4.30. The first kappa shape index (κ1) is 22.6. The Balaban J connectivity index is 0.00000338. The molecule has 1 aromatic carbocycles. The first-order valence-corrected chi connectivity index (χ1v) is 9.87. The van der Waals surface area contributed by atoms with Crippen LogP contribution in [0.3, 0.4) is 0 Å². The molecule has 1 fully saturated rings. The van der Waals surface area contributed by atoms with E-state index in [9.17, 15) is 18.0 Å². The third-order valence-corrected chi connectivity index (χ3v) is 6.22. The molecule has 9 heteroatoms. The van der Waals surface area contributed by atoms with E-state index in [0.717, 1.165) is 12.8 Å². The lowest BCUT2D eigenvalue weighted by Gasteiger charge is -2.33. The van der Waals surface area contributed by atoms with Gasteiger partial charge in [0.15, 0.2) is 5.78 Å². The molecule has 146 valence electrons. The Labute approximate surface area is 161 Å². The van der Waals surface area contributed by atoms with Crippen molar-refractivity contribution >= 4 is 34.1 Å². The number of hydrogen-bond acceptors (Lipinski definition) is 5. The van der Waals surface area contributed by atoms with Gasteiger partial charge >= 0.3 is 0 Å².